The van der Waals surface area contributed by atoms with E-state index in [1.54, 1.807) is 12.3 Å². The van der Waals surface area contributed by atoms with Gasteiger partial charge in [-0.05, 0) is 11.6 Å². The molecular formula is C19H17ClN4O6. The SMILES string of the molecule is Cn1c(-c2cccc([N+](=O)[O-])c2)cnc1NCc1ccccc1Cl.O=C(O)C(=O)O. The number of aromatic nitrogens is 2. The Labute approximate surface area is 175 Å². The van der Waals surface area contributed by atoms with E-state index in [0.29, 0.717) is 17.5 Å². The van der Waals surface area contributed by atoms with Gasteiger partial charge in [0, 0.05) is 36.3 Å². The third-order valence-electron chi connectivity index (χ3n) is 3.92. The molecule has 0 amide bonds. The van der Waals surface area contributed by atoms with Gasteiger partial charge >= 0.3 is 11.9 Å². The summed E-state index contributed by atoms with van der Waals surface area (Å²) >= 11 is 6.15. The number of benzene rings is 2. The van der Waals surface area contributed by atoms with Crippen LogP contribution in [0.1, 0.15) is 5.56 Å². The summed E-state index contributed by atoms with van der Waals surface area (Å²) in [6.45, 7) is 0.541. The topological polar surface area (TPSA) is 148 Å². The number of carboxylic acids is 2. The monoisotopic (exact) mass is 432 g/mol. The summed E-state index contributed by atoms with van der Waals surface area (Å²) in [6.07, 6.45) is 1.69. The van der Waals surface area contributed by atoms with Crippen LogP contribution in [0.4, 0.5) is 11.6 Å². The molecule has 2 aromatic carbocycles. The van der Waals surface area contributed by atoms with Crippen molar-refractivity contribution in [3.8, 4) is 11.3 Å². The van der Waals surface area contributed by atoms with Crippen LogP contribution in [0.15, 0.2) is 54.7 Å². The summed E-state index contributed by atoms with van der Waals surface area (Å²) < 4.78 is 1.86. The van der Waals surface area contributed by atoms with Gasteiger partial charge in [-0.2, -0.15) is 0 Å². The van der Waals surface area contributed by atoms with Crippen molar-refractivity contribution in [3.05, 3.63) is 75.4 Å². The van der Waals surface area contributed by atoms with Crippen LogP contribution in [0.2, 0.25) is 5.02 Å². The minimum absolute atomic E-state index is 0.0549. The molecule has 30 heavy (non-hydrogen) atoms. The molecule has 0 saturated carbocycles. The average Bonchev–Trinajstić information content (AvgIpc) is 3.08. The second kappa shape index (κ2) is 10.0. The van der Waals surface area contributed by atoms with Crippen molar-refractivity contribution in [2.45, 2.75) is 6.54 Å². The predicted octanol–water partition coefficient (Wildman–Crippen LogP) is 3.42. The molecule has 10 nitrogen and oxygen atoms in total. The van der Waals surface area contributed by atoms with Crippen LogP contribution in [0.25, 0.3) is 11.3 Å². The number of nitro groups is 1. The summed E-state index contributed by atoms with van der Waals surface area (Å²) in [7, 11) is 1.86. The van der Waals surface area contributed by atoms with Gasteiger partial charge in [-0.15, -0.1) is 0 Å². The van der Waals surface area contributed by atoms with Crippen molar-refractivity contribution in [1.82, 2.24) is 9.55 Å². The molecule has 0 spiro atoms. The maximum atomic E-state index is 10.9. The van der Waals surface area contributed by atoms with Crippen LogP contribution in [0, 0.1) is 10.1 Å². The number of aliphatic carboxylic acids is 2. The molecule has 1 aromatic heterocycles. The highest BCUT2D eigenvalue weighted by atomic mass is 35.5. The van der Waals surface area contributed by atoms with Gasteiger partial charge in [0.15, 0.2) is 0 Å². The van der Waals surface area contributed by atoms with E-state index < -0.39 is 16.9 Å². The van der Waals surface area contributed by atoms with Gasteiger partial charge in [0.1, 0.15) is 0 Å². The summed E-state index contributed by atoms with van der Waals surface area (Å²) in [5.41, 5.74) is 2.56. The first kappa shape index (κ1) is 22.4. The largest absolute Gasteiger partial charge is 0.473 e. The molecule has 3 N–H and O–H groups in total. The van der Waals surface area contributed by atoms with Gasteiger partial charge in [-0.3, -0.25) is 10.1 Å². The van der Waals surface area contributed by atoms with Crippen molar-refractivity contribution >= 4 is 35.2 Å². The average molecular weight is 433 g/mol. The zero-order valence-electron chi connectivity index (χ0n) is 15.7. The highest BCUT2D eigenvalue weighted by Crippen LogP contribution is 2.26. The Morgan fingerprint density at radius 2 is 1.83 bits per heavy atom. The number of nitrogens with one attached hydrogen (secondary N) is 1. The molecule has 0 aliphatic rings. The molecule has 3 rings (SSSR count). The molecule has 0 radical (unpaired) electrons. The molecule has 0 fully saturated rings. The number of anilines is 1. The van der Waals surface area contributed by atoms with Crippen molar-refractivity contribution in [2.75, 3.05) is 5.32 Å². The minimum atomic E-state index is -1.82. The Morgan fingerprint density at radius 1 is 1.17 bits per heavy atom. The Bertz CT molecular complexity index is 1070. The van der Waals surface area contributed by atoms with Crippen molar-refractivity contribution in [2.24, 2.45) is 7.05 Å². The number of non-ortho nitro benzene ring substituents is 1. The van der Waals surface area contributed by atoms with Crippen LogP contribution in [-0.2, 0) is 23.2 Å². The molecule has 156 valence electrons. The zero-order chi connectivity index (χ0) is 22.3. The van der Waals surface area contributed by atoms with E-state index in [1.165, 1.54) is 12.1 Å². The quantitative estimate of drug-likeness (QED) is 0.315. The van der Waals surface area contributed by atoms with Crippen LogP contribution in [-0.4, -0.2) is 36.6 Å². The number of halogens is 1. The van der Waals surface area contributed by atoms with E-state index in [1.807, 2.05) is 41.9 Å². The normalized spacial score (nSPS) is 9.93. The van der Waals surface area contributed by atoms with E-state index in [4.69, 9.17) is 31.4 Å². The zero-order valence-corrected chi connectivity index (χ0v) is 16.4. The lowest BCUT2D eigenvalue weighted by atomic mass is 10.1. The van der Waals surface area contributed by atoms with Gasteiger partial charge in [-0.25, -0.2) is 14.6 Å². The van der Waals surface area contributed by atoms with Crippen LogP contribution >= 0.6 is 11.6 Å². The number of nitro benzene ring substituents is 1. The molecule has 11 heteroatoms. The lowest BCUT2D eigenvalue weighted by molar-refractivity contribution is -0.384. The highest BCUT2D eigenvalue weighted by Gasteiger charge is 2.12. The summed E-state index contributed by atoms with van der Waals surface area (Å²) in [5.74, 6) is -2.98. The Balaban J connectivity index is 0.000000469. The second-order valence-corrected chi connectivity index (χ2v) is 6.30. The fourth-order valence-corrected chi connectivity index (χ4v) is 2.64. The maximum Gasteiger partial charge on any atom is 0.414 e. The first-order valence-electron chi connectivity index (χ1n) is 8.40. The van der Waals surface area contributed by atoms with E-state index in [-0.39, 0.29) is 5.69 Å². The molecular weight excluding hydrogens is 416 g/mol. The maximum absolute atomic E-state index is 10.9. The van der Waals surface area contributed by atoms with Gasteiger partial charge in [0.2, 0.25) is 5.95 Å². The number of rotatable bonds is 5. The Kier molecular flexibility index (Phi) is 7.48. The Morgan fingerprint density at radius 3 is 2.43 bits per heavy atom. The minimum Gasteiger partial charge on any atom is -0.473 e. The summed E-state index contributed by atoms with van der Waals surface area (Å²) in [5, 5.41) is 29.6. The van der Waals surface area contributed by atoms with Crippen molar-refractivity contribution in [3.63, 3.8) is 0 Å². The van der Waals surface area contributed by atoms with E-state index in [2.05, 4.69) is 10.3 Å². The van der Waals surface area contributed by atoms with Gasteiger partial charge in [0.25, 0.3) is 5.69 Å². The predicted molar refractivity (Wildman–Crippen MR) is 109 cm³/mol. The summed E-state index contributed by atoms with van der Waals surface area (Å²) in [6, 6.07) is 14.1. The van der Waals surface area contributed by atoms with Crippen LogP contribution < -0.4 is 5.32 Å². The third-order valence-corrected chi connectivity index (χ3v) is 4.29. The molecule has 0 aliphatic heterocycles. The molecule has 0 unspecified atom stereocenters. The van der Waals surface area contributed by atoms with Crippen molar-refractivity contribution in [1.29, 1.82) is 0 Å². The van der Waals surface area contributed by atoms with Crippen LogP contribution in [0.3, 0.4) is 0 Å². The number of hydrogen-bond donors (Lipinski definition) is 3. The first-order chi connectivity index (χ1) is 14.2. The molecule has 0 aliphatic carbocycles. The van der Waals surface area contributed by atoms with Gasteiger partial charge in [-0.1, -0.05) is 41.9 Å². The lowest BCUT2D eigenvalue weighted by Crippen LogP contribution is -2.09. The second-order valence-electron chi connectivity index (χ2n) is 5.89. The molecule has 1 heterocycles. The number of hydrogen-bond acceptors (Lipinski definition) is 6. The molecule has 0 atom stereocenters. The molecule has 0 saturated heterocycles. The number of carboxylic acid groups (broad SMARTS) is 2. The van der Waals surface area contributed by atoms with E-state index >= 15 is 0 Å². The molecule has 3 aromatic rings. The third kappa shape index (κ3) is 5.79. The summed E-state index contributed by atoms with van der Waals surface area (Å²) in [4.78, 5) is 33.1. The van der Waals surface area contributed by atoms with Gasteiger partial charge in [0.05, 0.1) is 16.8 Å². The fourth-order valence-electron chi connectivity index (χ4n) is 2.44. The fraction of sp³-hybridized carbons (Fsp3) is 0.105. The van der Waals surface area contributed by atoms with E-state index in [9.17, 15) is 10.1 Å². The number of imidazole rings is 1. The Hall–Kier alpha value is -3.92. The first-order valence-corrected chi connectivity index (χ1v) is 8.78. The molecule has 0 bridgehead atoms. The lowest BCUT2D eigenvalue weighted by Gasteiger charge is -2.09. The van der Waals surface area contributed by atoms with Crippen LogP contribution in [0.5, 0.6) is 0 Å². The van der Waals surface area contributed by atoms with Gasteiger partial charge < -0.3 is 20.1 Å². The van der Waals surface area contributed by atoms with Crippen molar-refractivity contribution < 1.29 is 24.7 Å². The smallest absolute Gasteiger partial charge is 0.414 e. The highest BCUT2D eigenvalue weighted by molar-refractivity contribution is 6.31. The van der Waals surface area contributed by atoms with E-state index in [0.717, 1.165) is 16.8 Å². The number of carbonyl (C=O) groups is 2. The standard InChI is InChI=1S/C17H15ClN4O2.C2H2O4/c1-21-16(12-6-4-7-14(9-12)22(23)24)11-20-17(21)19-10-13-5-2-3-8-15(13)18;3-1(4)2(5)6/h2-9,11H,10H2,1H3,(H,19,20);(H,3,4)(H,5,6). The number of nitrogens with zero attached hydrogens (tertiary/aromatic N) is 3.